The summed E-state index contributed by atoms with van der Waals surface area (Å²) in [6.07, 6.45) is 7.58. The molecule has 17 heavy (non-hydrogen) atoms. The highest BCUT2D eigenvalue weighted by atomic mass is 32.5. The van der Waals surface area contributed by atoms with Crippen LogP contribution in [0, 0.1) is 0 Å². The van der Waals surface area contributed by atoms with E-state index in [1.165, 1.54) is 0 Å². The van der Waals surface area contributed by atoms with E-state index in [0.29, 0.717) is 13.2 Å². The van der Waals surface area contributed by atoms with Gasteiger partial charge in [0.1, 0.15) is 19.1 Å². The Hall–Kier alpha value is -0.520. The second kappa shape index (κ2) is 8.55. The maximum Gasteiger partial charge on any atom is 0.248 e. The van der Waals surface area contributed by atoms with Gasteiger partial charge in [0.25, 0.3) is 0 Å². The number of rotatable bonds is 5. The lowest BCUT2D eigenvalue weighted by Gasteiger charge is -2.25. The van der Waals surface area contributed by atoms with Crippen molar-refractivity contribution in [2.45, 2.75) is 13.8 Å². The molecule has 98 valence electrons. The van der Waals surface area contributed by atoms with Crippen LogP contribution >= 0.6 is 6.72 Å². The third kappa shape index (κ3) is 8.24. The standard InChI is InChI=1S/C6H9N2.C4H11O3PS/c1-3-8-5-4-7(2)6-8;1-3-6-8(5,9)7-4-2/h3-6H,1H2,2H3;3-4H2,1-2H3,(H,5,9)/q+1;/p-1. The minimum absolute atomic E-state index is 0.334. The van der Waals surface area contributed by atoms with E-state index in [1.54, 1.807) is 20.0 Å². The molecular formula is C10H19N2O3PS. The fourth-order valence-corrected chi connectivity index (χ4v) is 2.27. The van der Waals surface area contributed by atoms with Gasteiger partial charge in [-0.15, -0.1) is 0 Å². The Labute approximate surface area is 108 Å². The summed E-state index contributed by atoms with van der Waals surface area (Å²) in [7, 11) is 1.97. The molecule has 1 aromatic heterocycles. The van der Waals surface area contributed by atoms with E-state index in [1.807, 2.05) is 34.9 Å². The summed E-state index contributed by atoms with van der Waals surface area (Å²) in [5.41, 5.74) is 0. The van der Waals surface area contributed by atoms with Crippen molar-refractivity contribution in [3.8, 4) is 0 Å². The van der Waals surface area contributed by atoms with Crippen molar-refractivity contribution in [3.05, 3.63) is 25.3 Å². The lowest BCUT2D eigenvalue weighted by Crippen LogP contribution is -2.23. The minimum Gasteiger partial charge on any atom is -0.780 e. The fraction of sp³-hybridized carbons (Fsp3) is 0.500. The van der Waals surface area contributed by atoms with Gasteiger partial charge in [0.15, 0.2) is 0 Å². The average Bonchev–Trinajstić information content (AvgIpc) is 2.65. The molecule has 0 amide bonds. The quantitative estimate of drug-likeness (QED) is 0.597. The van der Waals surface area contributed by atoms with Crippen LogP contribution in [0.3, 0.4) is 0 Å². The first-order chi connectivity index (χ1) is 7.95. The monoisotopic (exact) mass is 278 g/mol. The number of aryl methyl sites for hydroxylation is 1. The predicted octanol–water partition coefficient (Wildman–Crippen LogP) is 1.06. The van der Waals surface area contributed by atoms with Gasteiger partial charge in [0, 0.05) is 0 Å². The zero-order valence-corrected chi connectivity index (χ0v) is 12.1. The van der Waals surface area contributed by atoms with Crippen molar-refractivity contribution in [2.24, 2.45) is 7.05 Å². The van der Waals surface area contributed by atoms with Gasteiger partial charge in [-0.25, -0.2) is 9.13 Å². The SMILES string of the molecule is C=Cn1cc[n+](C)c1.CCOP([O-])(=S)OCC. The topological polar surface area (TPSA) is 50.3 Å². The molecule has 7 heteroatoms. The summed E-state index contributed by atoms with van der Waals surface area (Å²) >= 11 is 4.45. The smallest absolute Gasteiger partial charge is 0.248 e. The molecule has 0 atom stereocenters. The molecular weight excluding hydrogens is 259 g/mol. The van der Waals surface area contributed by atoms with E-state index < -0.39 is 6.72 Å². The van der Waals surface area contributed by atoms with Gasteiger partial charge < -0.3 is 13.9 Å². The van der Waals surface area contributed by atoms with E-state index in [9.17, 15) is 4.89 Å². The van der Waals surface area contributed by atoms with Crippen LogP contribution < -0.4 is 9.46 Å². The van der Waals surface area contributed by atoms with Crippen LogP contribution in [0.1, 0.15) is 13.8 Å². The summed E-state index contributed by atoms with van der Waals surface area (Å²) in [6, 6.07) is 0. The molecule has 0 aliphatic heterocycles. The summed E-state index contributed by atoms with van der Waals surface area (Å²) in [4.78, 5) is 10.8. The Morgan fingerprint density at radius 3 is 2.24 bits per heavy atom. The Kier molecular flexibility index (Phi) is 8.29. The van der Waals surface area contributed by atoms with Crippen LogP contribution in [0.25, 0.3) is 6.20 Å². The third-order valence-electron chi connectivity index (χ3n) is 1.57. The lowest BCUT2D eigenvalue weighted by molar-refractivity contribution is -0.670. The maximum atomic E-state index is 10.8. The van der Waals surface area contributed by atoms with Crippen molar-refractivity contribution < 1.29 is 18.5 Å². The molecule has 0 radical (unpaired) electrons. The van der Waals surface area contributed by atoms with Gasteiger partial charge in [0.2, 0.25) is 6.33 Å². The molecule has 0 saturated carbocycles. The van der Waals surface area contributed by atoms with E-state index in [-0.39, 0.29) is 0 Å². The number of imidazole rings is 1. The van der Waals surface area contributed by atoms with Crippen molar-refractivity contribution in [1.29, 1.82) is 0 Å². The summed E-state index contributed by atoms with van der Waals surface area (Å²) in [5.74, 6) is 0. The maximum absolute atomic E-state index is 10.8. The van der Waals surface area contributed by atoms with Crippen LogP contribution in [0.4, 0.5) is 0 Å². The van der Waals surface area contributed by atoms with Gasteiger partial charge in [-0.1, -0.05) is 18.4 Å². The number of aromatic nitrogens is 2. The van der Waals surface area contributed by atoms with E-state index in [2.05, 4.69) is 27.4 Å². The second-order valence-corrected chi connectivity index (χ2v) is 5.74. The van der Waals surface area contributed by atoms with E-state index in [4.69, 9.17) is 0 Å². The number of hydrogen-bond acceptors (Lipinski definition) is 4. The van der Waals surface area contributed by atoms with Crippen molar-refractivity contribution in [2.75, 3.05) is 13.2 Å². The van der Waals surface area contributed by atoms with Crippen LogP contribution in [-0.4, -0.2) is 17.8 Å². The molecule has 0 N–H and O–H groups in total. The minimum atomic E-state index is -3.11. The fourth-order valence-electron chi connectivity index (χ4n) is 0.931. The zero-order chi connectivity index (χ0) is 13.3. The highest BCUT2D eigenvalue weighted by Gasteiger charge is 1.97. The molecule has 0 saturated heterocycles. The van der Waals surface area contributed by atoms with Gasteiger partial charge in [0.05, 0.1) is 26.5 Å². The zero-order valence-electron chi connectivity index (χ0n) is 10.4. The summed E-state index contributed by atoms with van der Waals surface area (Å²) in [6.45, 7) is 4.59. The van der Waals surface area contributed by atoms with E-state index >= 15 is 0 Å². The van der Waals surface area contributed by atoms with Crippen LogP contribution in [-0.2, 0) is 27.9 Å². The summed E-state index contributed by atoms with van der Waals surface area (Å²) in [5, 5.41) is 0. The molecule has 1 heterocycles. The predicted molar refractivity (Wildman–Crippen MR) is 69.5 cm³/mol. The first-order valence-corrected chi connectivity index (χ1v) is 7.76. The van der Waals surface area contributed by atoms with Gasteiger partial charge in [-0.2, -0.15) is 0 Å². The Bertz CT molecular complexity index is 371. The Morgan fingerprint density at radius 2 is 2.00 bits per heavy atom. The van der Waals surface area contributed by atoms with Crippen molar-refractivity contribution >= 4 is 24.7 Å². The highest BCUT2D eigenvalue weighted by molar-refractivity contribution is 8.06. The largest absolute Gasteiger partial charge is 0.780 e. The lowest BCUT2D eigenvalue weighted by atomic mass is 10.8. The van der Waals surface area contributed by atoms with Gasteiger partial charge in [-0.05, 0) is 13.8 Å². The van der Waals surface area contributed by atoms with E-state index in [0.717, 1.165) is 0 Å². The van der Waals surface area contributed by atoms with Crippen LogP contribution in [0.5, 0.6) is 0 Å². The molecule has 0 spiro atoms. The molecule has 0 aliphatic rings. The summed E-state index contributed by atoms with van der Waals surface area (Å²) < 4.78 is 13.1. The molecule has 0 bridgehead atoms. The number of nitrogens with zero attached hydrogens (tertiary/aromatic N) is 2. The van der Waals surface area contributed by atoms with Crippen LogP contribution in [0.15, 0.2) is 25.3 Å². The molecule has 5 nitrogen and oxygen atoms in total. The van der Waals surface area contributed by atoms with Crippen molar-refractivity contribution in [3.63, 3.8) is 0 Å². The van der Waals surface area contributed by atoms with Gasteiger partial charge in [-0.3, -0.25) is 0 Å². The first-order valence-electron chi connectivity index (χ1n) is 5.20. The normalized spacial score (nSPS) is 10.6. The third-order valence-corrected chi connectivity index (χ3v) is 3.36. The van der Waals surface area contributed by atoms with Gasteiger partial charge >= 0.3 is 0 Å². The molecule has 0 aliphatic carbocycles. The molecule has 0 unspecified atom stereocenters. The Balaban J connectivity index is 0.000000302. The molecule has 1 aromatic rings. The first kappa shape index (κ1) is 16.5. The molecule has 1 rings (SSSR count). The highest BCUT2D eigenvalue weighted by Crippen LogP contribution is 2.37. The Morgan fingerprint density at radius 1 is 1.47 bits per heavy atom. The molecule has 0 fully saturated rings. The molecule has 0 aromatic carbocycles. The van der Waals surface area contributed by atoms with Crippen LogP contribution in [0.2, 0.25) is 0 Å². The second-order valence-electron chi connectivity index (χ2n) is 2.99. The number of hydrogen-bond donors (Lipinski definition) is 0. The van der Waals surface area contributed by atoms with Crippen molar-refractivity contribution in [1.82, 2.24) is 4.57 Å². The average molecular weight is 278 g/mol.